The van der Waals surface area contributed by atoms with E-state index in [1.165, 1.54) is 4.90 Å². The molecular weight excluding hydrogens is 452 g/mol. The lowest BCUT2D eigenvalue weighted by atomic mass is 9.94. The number of ether oxygens (including phenoxy) is 1. The zero-order valence-electron chi connectivity index (χ0n) is 21.4. The normalized spacial score (nSPS) is 16.9. The first-order chi connectivity index (χ1) is 17.3. The van der Waals surface area contributed by atoms with E-state index >= 15 is 0 Å². The minimum Gasteiger partial charge on any atom is -0.507 e. The molecule has 1 atom stereocenters. The predicted molar refractivity (Wildman–Crippen MR) is 144 cm³/mol. The molecule has 186 valence electrons. The van der Waals surface area contributed by atoms with E-state index in [0.29, 0.717) is 17.0 Å². The van der Waals surface area contributed by atoms with E-state index in [0.717, 1.165) is 35.5 Å². The van der Waals surface area contributed by atoms with Crippen LogP contribution in [0.5, 0.6) is 5.75 Å². The lowest BCUT2D eigenvalue weighted by Gasteiger charge is -2.28. The van der Waals surface area contributed by atoms with E-state index in [9.17, 15) is 14.7 Å². The third-order valence-electron chi connectivity index (χ3n) is 6.77. The number of ketones is 1. The van der Waals surface area contributed by atoms with Crippen LogP contribution >= 0.6 is 0 Å². The second kappa shape index (κ2) is 10.3. The largest absolute Gasteiger partial charge is 0.507 e. The molecule has 1 amide bonds. The Labute approximate surface area is 212 Å². The van der Waals surface area contributed by atoms with E-state index in [-0.39, 0.29) is 11.3 Å². The van der Waals surface area contributed by atoms with Crippen molar-refractivity contribution in [3.63, 3.8) is 0 Å². The average Bonchev–Trinajstić information content (AvgIpc) is 3.16. The molecule has 1 aliphatic heterocycles. The van der Waals surface area contributed by atoms with Crippen LogP contribution < -0.4 is 14.5 Å². The van der Waals surface area contributed by atoms with Crippen molar-refractivity contribution in [3.05, 3.63) is 94.6 Å². The molecule has 1 saturated heterocycles. The molecule has 4 rings (SSSR count). The van der Waals surface area contributed by atoms with Crippen molar-refractivity contribution in [2.75, 3.05) is 30.0 Å². The van der Waals surface area contributed by atoms with Crippen LogP contribution in [0, 0.1) is 13.8 Å². The van der Waals surface area contributed by atoms with Gasteiger partial charge in [-0.3, -0.25) is 14.5 Å². The third-order valence-corrected chi connectivity index (χ3v) is 6.77. The standard InChI is InChI=1S/C30H32N2O4/c1-6-31(7-2)23-14-10-21(11-15-23)27-26(28(33)22-12-16-24(36-5)17-13-22)29(34)30(35)32(27)25-18-19(3)8-9-20(25)4/h8-18,27,33H,6-7H2,1-5H3/b28-26+. The molecule has 0 spiro atoms. The van der Waals surface area contributed by atoms with Crippen molar-refractivity contribution < 1.29 is 19.4 Å². The molecule has 1 fully saturated rings. The Hall–Kier alpha value is -4.06. The van der Waals surface area contributed by atoms with Crippen LogP contribution in [0.1, 0.15) is 42.1 Å². The highest BCUT2D eigenvalue weighted by atomic mass is 16.5. The Bertz CT molecular complexity index is 1310. The first kappa shape index (κ1) is 25.0. The van der Waals surface area contributed by atoms with Gasteiger partial charge >= 0.3 is 0 Å². The number of hydrogen-bond acceptors (Lipinski definition) is 5. The predicted octanol–water partition coefficient (Wildman–Crippen LogP) is 5.78. The minimum atomic E-state index is -0.765. The SMILES string of the molecule is CCN(CC)c1ccc(C2/C(=C(\O)c3ccc(OC)cc3)C(=O)C(=O)N2c2cc(C)ccc2C)cc1. The van der Waals surface area contributed by atoms with Gasteiger partial charge in [-0.1, -0.05) is 24.3 Å². The molecule has 0 aliphatic carbocycles. The van der Waals surface area contributed by atoms with E-state index < -0.39 is 17.7 Å². The van der Waals surface area contributed by atoms with Crippen molar-refractivity contribution in [1.82, 2.24) is 0 Å². The van der Waals surface area contributed by atoms with Gasteiger partial charge in [0.15, 0.2) is 0 Å². The summed E-state index contributed by atoms with van der Waals surface area (Å²) in [5.41, 5.74) is 4.83. The average molecular weight is 485 g/mol. The number of carbonyl (C=O) groups is 2. The molecule has 6 nitrogen and oxygen atoms in total. The van der Waals surface area contributed by atoms with Gasteiger partial charge < -0.3 is 14.7 Å². The number of benzene rings is 3. The summed E-state index contributed by atoms with van der Waals surface area (Å²) in [4.78, 5) is 30.6. The Kier molecular flexibility index (Phi) is 7.15. The molecule has 3 aromatic rings. The summed E-state index contributed by atoms with van der Waals surface area (Å²) >= 11 is 0. The topological polar surface area (TPSA) is 70.1 Å². The van der Waals surface area contributed by atoms with Crippen LogP contribution in [0.4, 0.5) is 11.4 Å². The number of anilines is 2. The number of aliphatic hydroxyl groups is 1. The molecule has 1 aliphatic rings. The number of rotatable bonds is 7. The first-order valence-corrected chi connectivity index (χ1v) is 12.2. The molecule has 1 unspecified atom stereocenters. The highest BCUT2D eigenvalue weighted by Crippen LogP contribution is 2.43. The quantitative estimate of drug-likeness (QED) is 0.261. The van der Waals surface area contributed by atoms with Crippen molar-refractivity contribution in [2.24, 2.45) is 0 Å². The summed E-state index contributed by atoms with van der Waals surface area (Å²) in [6.07, 6.45) is 0. The van der Waals surface area contributed by atoms with Crippen LogP contribution in [0.3, 0.4) is 0 Å². The van der Waals surface area contributed by atoms with Gasteiger partial charge in [0.1, 0.15) is 11.5 Å². The molecule has 1 heterocycles. The van der Waals surface area contributed by atoms with Crippen molar-refractivity contribution >= 4 is 28.8 Å². The maximum atomic E-state index is 13.5. The number of aryl methyl sites for hydroxylation is 2. The van der Waals surface area contributed by atoms with Crippen molar-refractivity contribution in [3.8, 4) is 5.75 Å². The van der Waals surface area contributed by atoms with Crippen molar-refractivity contribution in [1.29, 1.82) is 0 Å². The molecule has 0 bridgehead atoms. The lowest BCUT2D eigenvalue weighted by Crippen LogP contribution is -2.30. The molecule has 0 radical (unpaired) electrons. The van der Waals surface area contributed by atoms with Gasteiger partial charge in [-0.25, -0.2) is 0 Å². The zero-order valence-corrected chi connectivity index (χ0v) is 21.4. The van der Waals surface area contributed by atoms with Crippen LogP contribution in [0.2, 0.25) is 0 Å². The van der Waals surface area contributed by atoms with Gasteiger partial charge in [-0.2, -0.15) is 0 Å². The van der Waals surface area contributed by atoms with Gasteiger partial charge in [-0.15, -0.1) is 0 Å². The first-order valence-electron chi connectivity index (χ1n) is 12.2. The van der Waals surface area contributed by atoms with Gasteiger partial charge in [0.05, 0.1) is 18.7 Å². The van der Waals surface area contributed by atoms with E-state index in [1.54, 1.807) is 31.4 Å². The number of amides is 1. The summed E-state index contributed by atoms with van der Waals surface area (Å²) in [5.74, 6) is -0.939. The summed E-state index contributed by atoms with van der Waals surface area (Å²) in [7, 11) is 1.56. The molecule has 36 heavy (non-hydrogen) atoms. The Balaban J connectivity index is 1.91. The minimum absolute atomic E-state index is 0.0710. The Morgan fingerprint density at radius 1 is 0.944 bits per heavy atom. The number of Topliss-reactive ketones (excluding diaryl/α,β-unsaturated/α-hetero) is 1. The highest BCUT2D eigenvalue weighted by molar-refractivity contribution is 6.51. The summed E-state index contributed by atoms with van der Waals surface area (Å²) in [6.45, 7) is 9.80. The van der Waals surface area contributed by atoms with Gasteiger partial charge in [0, 0.05) is 30.0 Å². The molecule has 3 aromatic carbocycles. The number of hydrogen-bond donors (Lipinski definition) is 1. The van der Waals surface area contributed by atoms with E-state index in [1.807, 2.05) is 56.3 Å². The smallest absolute Gasteiger partial charge is 0.300 e. The van der Waals surface area contributed by atoms with E-state index in [2.05, 4.69) is 18.7 Å². The molecule has 0 aromatic heterocycles. The number of aliphatic hydroxyl groups excluding tert-OH is 1. The third kappa shape index (κ3) is 4.47. The Morgan fingerprint density at radius 3 is 2.17 bits per heavy atom. The Morgan fingerprint density at radius 2 is 1.58 bits per heavy atom. The lowest BCUT2D eigenvalue weighted by molar-refractivity contribution is -0.132. The second-order valence-electron chi connectivity index (χ2n) is 8.95. The summed E-state index contributed by atoms with van der Waals surface area (Å²) < 4.78 is 5.22. The number of carbonyl (C=O) groups excluding carboxylic acids is 2. The maximum absolute atomic E-state index is 13.5. The number of methoxy groups -OCH3 is 1. The zero-order chi connectivity index (χ0) is 26.0. The van der Waals surface area contributed by atoms with Gasteiger partial charge in [0.2, 0.25) is 0 Å². The maximum Gasteiger partial charge on any atom is 0.300 e. The van der Waals surface area contributed by atoms with Crippen LogP contribution in [0.25, 0.3) is 5.76 Å². The van der Waals surface area contributed by atoms with E-state index in [4.69, 9.17) is 4.74 Å². The van der Waals surface area contributed by atoms with Gasteiger partial charge in [0.25, 0.3) is 11.7 Å². The highest BCUT2D eigenvalue weighted by Gasteiger charge is 2.47. The second-order valence-corrected chi connectivity index (χ2v) is 8.95. The fourth-order valence-electron chi connectivity index (χ4n) is 4.74. The molecule has 0 saturated carbocycles. The van der Waals surface area contributed by atoms with Gasteiger partial charge in [-0.05, 0) is 86.8 Å². The molecule has 6 heteroatoms. The molecular formula is C30H32N2O4. The van der Waals surface area contributed by atoms with Crippen LogP contribution in [-0.2, 0) is 9.59 Å². The molecule has 1 N–H and O–H groups in total. The summed E-state index contributed by atoms with van der Waals surface area (Å²) in [6, 6.07) is 19.7. The van der Waals surface area contributed by atoms with Crippen LogP contribution in [0.15, 0.2) is 72.3 Å². The van der Waals surface area contributed by atoms with Crippen molar-refractivity contribution in [2.45, 2.75) is 33.7 Å². The fourth-order valence-corrected chi connectivity index (χ4v) is 4.74. The monoisotopic (exact) mass is 484 g/mol. The van der Waals surface area contributed by atoms with Crippen LogP contribution in [-0.4, -0.2) is 37.0 Å². The summed E-state index contributed by atoms with van der Waals surface area (Å²) in [5, 5.41) is 11.3. The number of nitrogens with zero attached hydrogens (tertiary/aromatic N) is 2. The fraction of sp³-hybridized carbons (Fsp3) is 0.267.